The van der Waals surface area contributed by atoms with Crippen LogP contribution in [-0.2, 0) is 15.7 Å². The Morgan fingerprint density at radius 3 is 1.88 bits per heavy atom. The van der Waals surface area contributed by atoms with Gasteiger partial charge < -0.3 is 9.47 Å². The number of amides is 2. The third-order valence-electron chi connectivity index (χ3n) is 4.62. The van der Waals surface area contributed by atoms with Crippen molar-refractivity contribution in [3.63, 3.8) is 0 Å². The van der Waals surface area contributed by atoms with Gasteiger partial charge in [0.15, 0.2) is 0 Å². The third-order valence-corrected chi connectivity index (χ3v) is 4.62. The molecule has 0 bridgehead atoms. The van der Waals surface area contributed by atoms with Crippen molar-refractivity contribution in [2.45, 2.75) is 111 Å². The van der Waals surface area contributed by atoms with Crippen LogP contribution in [0.2, 0.25) is 0 Å². The highest BCUT2D eigenvalue weighted by Crippen LogP contribution is 2.39. The minimum atomic E-state index is -4.72. The first-order valence-corrected chi connectivity index (χ1v) is 11.2. The van der Waals surface area contributed by atoms with E-state index in [2.05, 4.69) is 4.98 Å². The average Bonchev–Trinajstić information content (AvgIpc) is 2.59. The molecule has 0 N–H and O–H groups in total. The molecule has 1 unspecified atom stereocenters. The summed E-state index contributed by atoms with van der Waals surface area (Å²) in [4.78, 5) is 30.5. The maximum atomic E-state index is 14.0. The normalized spacial score (nSPS) is 13.5. The molecular formula is C24H37F3N2O4. The average molecular weight is 475 g/mol. The number of rotatable bonds is 6. The van der Waals surface area contributed by atoms with E-state index >= 15 is 0 Å². The van der Waals surface area contributed by atoms with E-state index in [4.69, 9.17) is 9.47 Å². The van der Waals surface area contributed by atoms with Crippen LogP contribution in [0, 0.1) is 6.92 Å². The number of nitrogens with zero attached hydrogens (tertiary/aromatic N) is 2. The fourth-order valence-electron chi connectivity index (χ4n) is 3.17. The molecule has 0 fully saturated rings. The lowest BCUT2D eigenvalue weighted by Crippen LogP contribution is -2.44. The fourth-order valence-corrected chi connectivity index (χ4v) is 3.17. The second kappa shape index (κ2) is 10.7. The number of aryl methyl sites for hydroxylation is 1. The number of ether oxygens (including phenoxy) is 2. The molecule has 0 radical (unpaired) electrons. The van der Waals surface area contributed by atoms with E-state index in [0.29, 0.717) is 11.3 Å². The first kappa shape index (κ1) is 28.7. The van der Waals surface area contributed by atoms with Crippen molar-refractivity contribution < 1.29 is 32.2 Å². The molecule has 1 rings (SSSR count). The molecule has 0 aliphatic carbocycles. The topological polar surface area (TPSA) is 68.7 Å². The molecule has 1 aromatic rings. The standard InChI is InChI=1S/C24H37F3N2O4/c1-10-11-12-13-15(2)19-17(24(25,26)27)14-18(16(3)28-19)29(20(30)32-22(4,5)6)21(31)33-23(7,8)9/h14-15H,10-13H2,1-9H3. The van der Waals surface area contributed by atoms with Crippen LogP contribution in [-0.4, -0.2) is 28.4 Å². The number of unbranched alkanes of at least 4 members (excludes halogenated alkanes) is 2. The number of halogens is 3. The molecule has 0 aliphatic heterocycles. The Morgan fingerprint density at radius 1 is 1.00 bits per heavy atom. The van der Waals surface area contributed by atoms with Crippen molar-refractivity contribution >= 4 is 17.9 Å². The van der Waals surface area contributed by atoms with Crippen molar-refractivity contribution in [1.82, 2.24) is 4.98 Å². The van der Waals surface area contributed by atoms with Crippen LogP contribution in [0.15, 0.2) is 6.07 Å². The van der Waals surface area contributed by atoms with E-state index in [0.717, 1.165) is 25.3 Å². The monoisotopic (exact) mass is 474 g/mol. The van der Waals surface area contributed by atoms with Crippen molar-refractivity contribution in [2.24, 2.45) is 0 Å². The van der Waals surface area contributed by atoms with E-state index in [1.54, 1.807) is 48.5 Å². The van der Waals surface area contributed by atoms with Gasteiger partial charge in [0.2, 0.25) is 0 Å². The van der Waals surface area contributed by atoms with Crippen LogP contribution < -0.4 is 4.90 Å². The lowest BCUT2D eigenvalue weighted by molar-refractivity contribution is -0.138. The van der Waals surface area contributed by atoms with E-state index in [9.17, 15) is 22.8 Å². The highest BCUT2D eigenvalue weighted by Gasteiger charge is 2.40. The second-order valence-corrected chi connectivity index (χ2v) is 10.2. The molecule has 1 heterocycles. The summed E-state index contributed by atoms with van der Waals surface area (Å²) in [6.45, 7) is 14.7. The van der Waals surface area contributed by atoms with Crippen LogP contribution in [0.4, 0.5) is 28.4 Å². The van der Waals surface area contributed by atoms with Gasteiger partial charge in [0.1, 0.15) is 11.2 Å². The first-order valence-electron chi connectivity index (χ1n) is 11.2. The van der Waals surface area contributed by atoms with Gasteiger partial charge in [-0.05, 0) is 66.9 Å². The number of carbonyl (C=O) groups excluding carboxylic acids is 2. The summed E-state index contributed by atoms with van der Waals surface area (Å²) < 4.78 is 52.7. The first-order chi connectivity index (χ1) is 14.9. The molecule has 6 nitrogen and oxygen atoms in total. The van der Waals surface area contributed by atoms with Crippen LogP contribution in [0.3, 0.4) is 0 Å². The van der Waals surface area contributed by atoms with Crippen molar-refractivity contribution in [2.75, 3.05) is 4.90 Å². The van der Waals surface area contributed by atoms with Crippen molar-refractivity contribution in [1.29, 1.82) is 0 Å². The molecular weight excluding hydrogens is 437 g/mol. The van der Waals surface area contributed by atoms with Crippen molar-refractivity contribution in [3.05, 3.63) is 23.0 Å². The Balaban J connectivity index is 3.63. The Bertz CT molecular complexity index is 812. The van der Waals surface area contributed by atoms with Gasteiger partial charge in [-0.1, -0.05) is 33.1 Å². The number of imide groups is 1. The van der Waals surface area contributed by atoms with Crippen molar-refractivity contribution in [3.8, 4) is 0 Å². The van der Waals surface area contributed by atoms with Gasteiger partial charge >= 0.3 is 18.4 Å². The summed E-state index contributed by atoms with van der Waals surface area (Å²) in [5, 5.41) is 0. The number of carbonyl (C=O) groups is 2. The highest BCUT2D eigenvalue weighted by molar-refractivity contribution is 6.10. The minimum absolute atomic E-state index is 0.0945. The Morgan fingerprint density at radius 2 is 1.48 bits per heavy atom. The van der Waals surface area contributed by atoms with E-state index < -0.39 is 41.0 Å². The third kappa shape index (κ3) is 8.85. The van der Waals surface area contributed by atoms with Gasteiger partial charge in [-0.15, -0.1) is 0 Å². The van der Waals surface area contributed by atoms with Gasteiger partial charge in [-0.25, -0.2) is 9.59 Å². The predicted molar refractivity (Wildman–Crippen MR) is 121 cm³/mol. The van der Waals surface area contributed by atoms with Gasteiger partial charge in [-0.3, -0.25) is 4.98 Å². The lowest BCUT2D eigenvalue weighted by atomic mass is 9.94. The number of anilines is 1. The zero-order chi connectivity index (χ0) is 25.8. The molecule has 2 amide bonds. The predicted octanol–water partition coefficient (Wildman–Crippen LogP) is 7.77. The van der Waals surface area contributed by atoms with Gasteiger partial charge in [0.25, 0.3) is 0 Å². The van der Waals surface area contributed by atoms with Crippen LogP contribution in [0.5, 0.6) is 0 Å². The molecule has 0 saturated heterocycles. The summed E-state index contributed by atoms with van der Waals surface area (Å²) in [5.74, 6) is -0.447. The maximum Gasteiger partial charge on any atom is 0.424 e. The van der Waals surface area contributed by atoms with E-state index in [1.807, 2.05) is 6.92 Å². The molecule has 33 heavy (non-hydrogen) atoms. The van der Waals surface area contributed by atoms with E-state index in [-0.39, 0.29) is 17.1 Å². The number of pyridine rings is 1. The van der Waals surface area contributed by atoms with Gasteiger partial charge in [0.05, 0.1) is 22.6 Å². The van der Waals surface area contributed by atoms with Crippen LogP contribution in [0.25, 0.3) is 0 Å². The summed E-state index contributed by atoms with van der Waals surface area (Å²) in [7, 11) is 0. The number of hydrogen-bond acceptors (Lipinski definition) is 5. The second-order valence-electron chi connectivity index (χ2n) is 10.2. The maximum absolute atomic E-state index is 14.0. The van der Waals surface area contributed by atoms with E-state index in [1.165, 1.54) is 6.92 Å². The van der Waals surface area contributed by atoms with Crippen LogP contribution in [0.1, 0.15) is 104 Å². The van der Waals surface area contributed by atoms with Crippen LogP contribution >= 0.6 is 0 Å². The number of hydrogen-bond donors (Lipinski definition) is 0. The highest BCUT2D eigenvalue weighted by atomic mass is 19.4. The Labute approximate surface area is 194 Å². The quantitative estimate of drug-likeness (QED) is 0.394. The smallest absolute Gasteiger partial charge is 0.424 e. The molecule has 9 heteroatoms. The zero-order valence-corrected chi connectivity index (χ0v) is 21.1. The molecule has 188 valence electrons. The summed E-state index contributed by atoms with van der Waals surface area (Å²) in [6.07, 6.45) is -3.82. The molecule has 1 aromatic heterocycles. The number of aromatic nitrogens is 1. The summed E-state index contributed by atoms with van der Waals surface area (Å²) in [5.41, 5.74) is -3.29. The number of alkyl halides is 3. The minimum Gasteiger partial charge on any atom is -0.443 e. The fraction of sp³-hybridized carbons (Fsp3) is 0.708. The molecule has 1 atom stereocenters. The lowest BCUT2D eigenvalue weighted by Gasteiger charge is -2.30. The molecule has 0 aromatic carbocycles. The summed E-state index contributed by atoms with van der Waals surface area (Å²) in [6, 6.07) is 0.793. The Kier molecular flexibility index (Phi) is 9.34. The largest absolute Gasteiger partial charge is 0.443 e. The summed E-state index contributed by atoms with van der Waals surface area (Å²) >= 11 is 0. The zero-order valence-electron chi connectivity index (χ0n) is 21.1. The molecule has 0 saturated carbocycles. The van der Waals surface area contributed by atoms with Gasteiger partial charge in [0, 0.05) is 0 Å². The SMILES string of the molecule is CCCCCC(C)c1nc(C)c(N(C(=O)OC(C)(C)C)C(=O)OC(C)(C)C)cc1C(F)(F)F. The van der Waals surface area contributed by atoms with Gasteiger partial charge in [-0.2, -0.15) is 18.1 Å². The molecule has 0 aliphatic rings. The Hall–Kier alpha value is -2.32. The molecule has 0 spiro atoms.